The molecule has 0 radical (unpaired) electrons. The number of imidazole rings is 1. The molecule has 4 rings (SSSR count). The number of nitrogens with one attached hydrogen (secondary N) is 2. The molecule has 4 N–H and O–H groups in total. The molecule has 1 aromatic carbocycles. The van der Waals surface area contributed by atoms with E-state index in [2.05, 4.69) is 22.2 Å². The highest BCUT2D eigenvalue weighted by Gasteiger charge is 2.40. The molecule has 2 aliphatic rings. The summed E-state index contributed by atoms with van der Waals surface area (Å²) >= 11 is 0. The summed E-state index contributed by atoms with van der Waals surface area (Å²) in [4.78, 5) is 20.9. The molecule has 3 atom stereocenters. The van der Waals surface area contributed by atoms with E-state index >= 15 is 0 Å². The van der Waals surface area contributed by atoms with Gasteiger partial charge in [0.2, 0.25) is 5.91 Å². The summed E-state index contributed by atoms with van der Waals surface area (Å²) in [7, 11) is 0. The summed E-state index contributed by atoms with van der Waals surface area (Å²) in [6.45, 7) is 2.09. The van der Waals surface area contributed by atoms with E-state index in [9.17, 15) is 4.79 Å². The van der Waals surface area contributed by atoms with Gasteiger partial charge in [-0.25, -0.2) is 4.98 Å². The van der Waals surface area contributed by atoms with Crippen LogP contribution >= 0.6 is 24.8 Å². The topological polar surface area (TPSA) is 83.8 Å². The van der Waals surface area contributed by atoms with Crippen molar-refractivity contribution in [2.45, 2.75) is 57.5 Å². The predicted octanol–water partition coefficient (Wildman–Crippen LogP) is 4.13. The number of rotatable bonds is 4. The zero-order valence-electron chi connectivity index (χ0n) is 15.7. The van der Waals surface area contributed by atoms with E-state index in [4.69, 9.17) is 5.73 Å². The van der Waals surface area contributed by atoms with Crippen molar-refractivity contribution >= 4 is 41.8 Å². The molecule has 1 aromatic heterocycles. The van der Waals surface area contributed by atoms with Gasteiger partial charge in [0.25, 0.3) is 0 Å². The van der Waals surface area contributed by atoms with Crippen LogP contribution in [0.1, 0.15) is 57.3 Å². The zero-order valence-corrected chi connectivity index (χ0v) is 17.3. The van der Waals surface area contributed by atoms with Crippen molar-refractivity contribution in [1.29, 1.82) is 0 Å². The first-order chi connectivity index (χ1) is 12.2. The van der Waals surface area contributed by atoms with Gasteiger partial charge >= 0.3 is 0 Å². The van der Waals surface area contributed by atoms with E-state index in [1.54, 1.807) is 0 Å². The molecule has 0 saturated heterocycles. The van der Waals surface area contributed by atoms with E-state index in [-0.39, 0.29) is 42.7 Å². The van der Waals surface area contributed by atoms with Gasteiger partial charge in [0.1, 0.15) is 5.82 Å². The lowest BCUT2D eigenvalue weighted by Gasteiger charge is -2.43. The Morgan fingerprint density at radius 2 is 1.93 bits per heavy atom. The van der Waals surface area contributed by atoms with Crippen molar-refractivity contribution < 1.29 is 4.79 Å². The summed E-state index contributed by atoms with van der Waals surface area (Å²) in [6.07, 6.45) is 6.35. The van der Waals surface area contributed by atoms with Crippen molar-refractivity contribution in [1.82, 2.24) is 15.3 Å². The summed E-state index contributed by atoms with van der Waals surface area (Å²) < 4.78 is 0. The van der Waals surface area contributed by atoms with E-state index in [0.717, 1.165) is 36.1 Å². The van der Waals surface area contributed by atoms with Gasteiger partial charge in [0.15, 0.2) is 0 Å². The van der Waals surface area contributed by atoms with Crippen LogP contribution in [-0.2, 0) is 4.79 Å². The highest BCUT2D eigenvalue weighted by atomic mass is 35.5. The second kappa shape index (κ2) is 9.26. The number of nitrogens with two attached hydrogens (primary N) is 1. The van der Waals surface area contributed by atoms with Gasteiger partial charge in [-0.3, -0.25) is 4.79 Å². The number of halogens is 2. The predicted molar refractivity (Wildman–Crippen MR) is 113 cm³/mol. The number of para-hydroxylation sites is 2. The Hall–Kier alpha value is -1.30. The molecule has 0 spiro atoms. The zero-order chi connectivity index (χ0) is 17.4. The Balaban J connectivity index is 0.00000131. The molecule has 2 aliphatic carbocycles. The quantitative estimate of drug-likeness (QED) is 0.705. The van der Waals surface area contributed by atoms with Gasteiger partial charge < -0.3 is 16.0 Å². The lowest BCUT2D eigenvalue weighted by atomic mass is 9.65. The average Bonchev–Trinajstić information content (AvgIpc) is 3.03. The fraction of sp³-hybridized carbons (Fsp3) is 0.600. The molecular formula is C20H30Cl2N4O. The van der Waals surface area contributed by atoms with Gasteiger partial charge in [0, 0.05) is 12.0 Å². The maximum atomic E-state index is 12.9. The van der Waals surface area contributed by atoms with Crippen LogP contribution in [0.15, 0.2) is 24.3 Å². The molecule has 2 aromatic rings. The molecule has 2 fully saturated rings. The Morgan fingerprint density at radius 3 is 2.56 bits per heavy atom. The summed E-state index contributed by atoms with van der Waals surface area (Å²) in [5.74, 6) is 2.18. The standard InChI is InChI=1S/C20H28N4O.2ClH/c1-2-15(19-22-16-8-3-4-9-17(16)23-19)24-20(25)14-10-12-6-5-7-13(11-14)18(12)21;;/h3-4,8-9,12-15,18H,2,5-7,10-11,21H2,1H3,(H,22,23)(H,24,25);2*1H. The fourth-order valence-corrected chi connectivity index (χ4v) is 4.79. The highest BCUT2D eigenvalue weighted by molar-refractivity contribution is 5.85. The molecule has 2 saturated carbocycles. The van der Waals surface area contributed by atoms with E-state index in [0.29, 0.717) is 17.9 Å². The average molecular weight is 413 g/mol. The van der Waals surface area contributed by atoms with Crippen LogP contribution < -0.4 is 11.1 Å². The Morgan fingerprint density at radius 1 is 1.26 bits per heavy atom. The van der Waals surface area contributed by atoms with Crippen LogP contribution in [0.2, 0.25) is 0 Å². The number of fused-ring (bicyclic) bond motifs is 3. The second-order valence-electron chi connectivity index (χ2n) is 7.81. The molecule has 5 nitrogen and oxygen atoms in total. The minimum atomic E-state index is -0.0599. The van der Waals surface area contributed by atoms with Crippen LogP contribution in [0, 0.1) is 17.8 Å². The third kappa shape index (κ3) is 4.41. The smallest absolute Gasteiger partial charge is 0.223 e. The van der Waals surface area contributed by atoms with Gasteiger partial charge in [-0.2, -0.15) is 0 Å². The molecule has 3 unspecified atom stereocenters. The molecule has 0 aliphatic heterocycles. The SMILES string of the molecule is CCC(NC(=O)C1CC2CCCC(C1)C2N)c1nc2ccccc2[nH]1.Cl.Cl. The number of benzene rings is 1. The molecule has 7 heteroatoms. The summed E-state index contributed by atoms with van der Waals surface area (Å²) in [5, 5.41) is 3.24. The number of H-pyrrole nitrogens is 1. The van der Waals surface area contributed by atoms with E-state index in [1.165, 1.54) is 19.3 Å². The first-order valence-electron chi connectivity index (χ1n) is 9.66. The number of nitrogens with zero attached hydrogens (tertiary/aromatic N) is 1. The number of aromatic amines is 1. The van der Waals surface area contributed by atoms with Gasteiger partial charge in [0.05, 0.1) is 17.1 Å². The Kier molecular flexibility index (Phi) is 7.55. The molecule has 1 amide bonds. The highest BCUT2D eigenvalue weighted by Crippen LogP contribution is 2.42. The lowest BCUT2D eigenvalue weighted by Crippen LogP contribution is -2.49. The second-order valence-corrected chi connectivity index (χ2v) is 7.81. The number of carbonyl (C=O) groups excluding carboxylic acids is 1. The van der Waals surface area contributed by atoms with E-state index in [1.807, 2.05) is 24.3 Å². The normalized spacial score (nSPS) is 27.9. The third-order valence-electron chi connectivity index (χ3n) is 6.25. The summed E-state index contributed by atoms with van der Waals surface area (Å²) in [6, 6.07) is 8.23. The molecule has 1 heterocycles. The minimum Gasteiger partial charge on any atom is -0.346 e. The molecule has 2 bridgehead atoms. The van der Waals surface area contributed by atoms with Crippen molar-refractivity contribution in [2.75, 3.05) is 0 Å². The van der Waals surface area contributed by atoms with Crippen LogP contribution in [0.4, 0.5) is 0 Å². The maximum absolute atomic E-state index is 12.9. The van der Waals surface area contributed by atoms with Gasteiger partial charge in [-0.05, 0) is 56.1 Å². The lowest BCUT2D eigenvalue weighted by molar-refractivity contribution is -0.128. The largest absolute Gasteiger partial charge is 0.346 e. The number of carbonyl (C=O) groups is 1. The molecular weight excluding hydrogens is 383 g/mol. The number of aromatic nitrogens is 2. The maximum Gasteiger partial charge on any atom is 0.223 e. The Labute approximate surface area is 173 Å². The number of amides is 1. The van der Waals surface area contributed by atoms with Gasteiger partial charge in [-0.1, -0.05) is 25.5 Å². The monoisotopic (exact) mass is 412 g/mol. The first kappa shape index (κ1) is 22.0. The number of hydrogen-bond acceptors (Lipinski definition) is 3. The summed E-state index contributed by atoms with van der Waals surface area (Å²) in [5.41, 5.74) is 8.33. The van der Waals surface area contributed by atoms with Crippen molar-refractivity contribution in [3.63, 3.8) is 0 Å². The minimum absolute atomic E-state index is 0. The van der Waals surface area contributed by atoms with Gasteiger partial charge in [-0.15, -0.1) is 24.8 Å². The van der Waals surface area contributed by atoms with Crippen molar-refractivity contribution in [3.05, 3.63) is 30.1 Å². The van der Waals surface area contributed by atoms with Crippen LogP contribution in [0.25, 0.3) is 11.0 Å². The van der Waals surface area contributed by atoms with Crippen LogP contribution in [0.5, 0.6) is 0 Å². The molecule has 150 valence electrons. The fourth-order valence-electron chi connectivity index (χ4n) is 4.79. The third-order valence-corrected chi connectivity index (χ3v) is 6.25. The van der Waals surface area contributed by atoms with E-state index < -0.39 is 0 Å². The van der Waals surface area contributed by atoms with Crippen molar-refractivity contribution in [3.8, 4) is 0 Å². The van der Waals surface area contributed by atoms with Crippen molar-refractivity contribution in [2.24, 2.45) is 23.5 Å². The molecule has 27 heavy (non-hydrogen) atoms. The number of hydrogen-bond donors (Lipinski definition) is 3. The van der Waals surface area contributed by atoms with Crippen LogP contribution in [0.3, 0.4) is 0 Å². The first-order valence-corrected chi connectivity index (χ1v) is 9.66. The van der Waals surface area contributed by atoms with Crippen LogP contribution in [-0.4, -0.2) is 21.9 Å². The Bertz CT molecular complexity index is 718.